The van der Waals surface area contributed by atoms with Gasteiger partial charge in [0.2, 0.25) is 0 Å². The molecule has 0 heterocycles. The van der Waals surface area contributed by atoms with Crippen LogP contribution in [0, 0.1) is 0 Å². The average molecular weight is 300 g/mol. The minimum atomic E-state index is -0.0944. The van der Waals surface area contributed by atoms with Crippen LogP contribution in [0.1, 0.15) is 17.3 Å². The van der Waals surface area contributed by atoms with Gasteiger partial charge in [-0.1, -0.05) is 15.9 Å². The van der Waals surface area contributed by atoms with Crippen LogP contribution in [-0.2, 0) is 4.79 Å². The van der Waals surface area contributed by atoms with Crippen molar-refractivity contribution in [1.82, 2.24) is 4.90 Å². The molecule has 0 aromatic heterocycles. The fourth-order valence-corrected chi connectivity index (χ4v) is 1.47. The van der Waals surface area contributed by atoms with Crippen molar-refractivity contribution in [3.8, 4) is 5.75 Å². The maximum atomic E-state index is 11.5. The number of nitrogens with zero attached hydrogens (tertiary/aromatic N) is 1. The van der Waals surface area contributed by atoms with Crippen molar-refractivity contribution in [3.63, 3.8) is 0 Å². The fraction of sp³-hybridized carbons (Fsp3) is 0.333. The molecule has 92 valence electrons. The molecule has 0 saturated carbocycles. The van der Waals surface area contributed by atoms with Crippen molar-refractivity contribution < 1.29 is 14.3 Å². The Labute approximate surface area is 109 Å². The Hall–Kier alpha value is -1.36. The maximum Gasteiger partial charge on any atom is 0.260 e. The van der Waals surface area contributed by atoms with Crippen LogP contribution in [0.5, 0.6) is 5.75 Å². The van der Waals surface area contributed by atoms with Gasteiger partial charge in [0.1, 0.15) is 5.75 Å². The molecule has 0 bridgehead atoms. The molecule has 0 unspecified atom stereocenters. The molecule has 0 saturated heterocycles. The SMILES string of the molecule is CCN(C)C(=O)COc1ccc(Br)c(C=O)c1. The predicted octanol–water partition coefficient (Wildman–Crippen LogP) is 2.12. The fourth-order valence-electron chi connectivity index (χ4n) is 1.13. The molecule has 1 rings (SSSR count). The first-order valence-electron chi connectivity index (χ1n) is 5.20. The van der Waals surface area contributed by atoms with Gasteiger partial charge in [-0.3, -0.25) is 9.59 Å². The monoisotopic (exact) mass is 299 g/mol. The Balaban J connectivity index is 2.64. The number of amides is 1. The summed E-state index contributed by atoms with van der Waals surface area (Å²) in [6, 6.07) is 5.01. The molecule has 0 N–H and O–H groups in total. The lowest BCUT2D eigenvalue weighted by atomic mass is 10.2. The highest BCUT2D eigenvalue weighted by Crippen LogP contribution is 2.21. The van der Waals surface area contributed by atoms with Gasteiger partial charge in [0.15, 0.2) is 12.9 Å². The van der Waals surface area contributed by atoms with Crippen LogP contribution in [-0.4, -0.2) is 37.3 Å². The Morgan fingerprint density at radius 2 is 2.24 bits per heavy atom. The molecule has 0 aliphatic carbocycles. The summed E-state index contributed by atoms with van der Waals surface area (Å²) in [6.07, 6.45) is 0.733. The largest absolute Gasteiger partial charge is 0.484 e. The average Bonchev–Trinajstić information content (AvgIpc) is 2.36. The molecule has 5 heteroatoms. The molecule has 0 aliphatic rings. The molecule has 1 amide bonds. The van der Waals surface area contributed by atoms with Gasteiger partial charge in [-0.25, -0.2) is 0 Å². The number of likely N-dealkylation sites (N-methyl/N-ethyl adjacent to an activating group) is 1. The number of hydrogen-bond acceptors (Lipinski definition) is 3. The summed E-state index contributed by atoms with van der Waals surface area (Å²) >= 11 is 3.24. The van der Waals surface area contributed by atoms with E-state index in [0.717, 1.165) is 6.29 Å². The highest BCUT2D eigenvalue weighted by molar-refractivity contribution is 9.10. The summed E-state index contributed by atoms with van der Waals surface area (Å²) in [5, 5.41) is 0. The van der Waals surface area contributed by atoms with Crippen LogP contribution in [0.25, 0.3) is 0 Å². The molecule has 0 aliphatic heterocycles. The number of halogens is 1. The summed E-state index contributed by atoms with van der Waals surface area (Å²) in [5.74, 6) is 0.413. The number of carbonyl (C=O) groups is 2. The van der Waals surface area contributed by atoms with E-state index < -0.39 is 0 Å². The first-order valence-corrected chi connectivity index (χ1v) is 5.99. The number of benzene rings is 1. The quantitative estimate of drug-likeness (QED) is 0.783. The summed E-state index contributed by atoms with van der Waals surface area (Å²) in [5.41, 5.74) is 0.499. The van der Waals surface area contributed by atoms with Crippen LogP contribution in [0.15, 0.2) is 22.7 Å². The van der Waals surface area contributed by atoms with Gasteiger partial charge in [0.05, 0.1) is 0 Å². The topological polar surface area (TPSA) is 46.6 Å². The summed E-state index contributed by atoms with van der Waals surface area (Å²) in [4.78, 5) is 23.8. The lowest BCUT2D eigenvalue weighted by Gasteiger charge is -2.15. The zero-order chi connectivity index (χ0) is 12.8. The van der Waals surface area contributed by atoms with Gasteiger partial charge in [0, 0.05) is 23.6 Å². The second-order valence-electron chi connectivity index (χ2n) is 3.50. The molecule has 0 atom stereocenters. The highest BCUT2D eigenvalue weighted by Gasteiger charge is 2.08. The second-order valence-corrected chi connectivity index (χ2v) is 4.35. The number of hydrogen-bond donors (Lipinski definition) is 0. The highest BCUT2D eigenvalue weighted by atomic mass is 79.9. The van der Waals surface area contributed by atoms with E-state index in [9.17, 15) is 9.59 Å². The first-order chi connectivity index (χ1) is 8.08. The lowest BCUT2D eigenvalue weighted by molar-refractivity contribution is -0.131. The Morgan fingerprint density at radius 1 is 1.53 bits per heavy atom. The van der Waals surface area contributed by atoms with Crippen LogP contribution in [0.2, 0.25) is 0 Å². The predicted molar refractivity (Wildman–Crippen MR) is 68.3 cm³/mol. The standard InChI is InChI=1S/C12H14BrNO3/c1-3-14(2)12(16)8-17-10-4-5-11(13)9(6-10)7-15/h4-7H,3,8H2,1-2H3. The van der Waals surface area contributed by atoms with Crippen LogP contribution in [0.3, 0.4) is 0 Å². The Morgan fingerprint density at radius 3 is 2.82 bits per heavy atom. The Kier molecular flexibility index (Phi) is 5.15. The van der Waals surface area contributed by atoms with E-state index in [2.05, 4.69) is 15.9 Å². The van der Waals surface area contributed by atoms with E-state index in [4.69, 9.17) is 4.74 Å². The molecule has 17 heavy (non-hydrogen) atoms. The maximum absolute atomic E-state index is 11.5. The molecular weight excluding hydrogens is 286 g/mol. The van der Waals surface area contributed by atoms with Crippen molar-refractivity contribution in [2.24, 2.45) is 0 Å². The zero-order valence-electron chi connectivity index (χ0n) is 9.77. The second kappa shape index (κ2) is 6.39. The van der Waals surface area contributed by atoms with E-state index in [1.807, 2.05) is 6.92 Å². The van der Waals surface area contributed by atoms with Gasteiger partial charge in [-0.15, -0.1) is 0 Å². The van der Waals surface area contributed by atoms with Crippen molar-refractivity contribution >= 4 is 28.1 Å². The van der Waals surface area contributed by atoms with Crippen molar-refractivity contribution in [1.29, 1.82) is 0 Å². The molecule has 4 nitrogen and oxygen atoms in total. The van der Waals surface area contributed by atoms with Gasteiger partial charge < -0.3 is 9.64 Å². The number of carbonyl (C=O) groups excluding carboxylic acids is 2. The third-order valence-electron chi connectivity index (χ3n) is 2.36. The van der Waals surface area contributed by atoms with Gasteiger partial charge in [-0.05, 0) is 25.1 Å². The zero-order valence-corrected chi connectivity index (χ0v) is 11.4. The summed E-state index contributed by atoms with van der Waals surface area (Å²) in [7, 11) is 1.71. The summed E-state index contributed by atoms with van der Waals surface area (Å²) in [6.45, 7) is 2.51. The Bertz CT molecular complexity index is 420. The van der Waals surface area contributed by atoms with Crippen LogP contribution in [0.4, 0.5) is 0 Å². The minimum Gasteiger partial charge on any atom is -0.484 e. The molecule has 0 fully saturated rings. The van der Waals surface area contributed by atoms with Gasteiger partial charge in [-0.2, -0.15) is 0 Å². The van der Waals surface area contributed by atoms with Crippen molar-refractivity contribution in [2.45, 2.75) is 6.92 Å². The summed E-state index contributed by atoms with van der Waals surface area (Å²) < 4.78 is 6.02. The third-order valence-corrected chi connectivity index (χ3v) is 3.08. The number of rotatable bonds is 5. The molecule has 1 aromatic carbocycles. The lowest BCUT2D eigenvalue weighted by Crippen LogP contribution is -2.31. The molecule has 0 spiro atoms. The van der Waals surface area contributed by atoms with E-state index >= 15 is 0 Å². The first kappa shape index (κ1) is 13.7. The van der Waals surface area contributed by atoms with E-state index in [0.29, 0.717) is 22.3 Å². The van der Waals surface area contributed by atoms with Crippen molar-refractivity contribution in [2.75, 3.05) is 20.2 Å². The number of aldehydes is 1. The van der Waals surface area contributed by atoms with Crippen LogP contribution >= 0.6 is 15.9 Å². The smallest absolute Gasteiger partial charge is 0.260 e. The van der Waals surface area contributed by atoms with E-state index in [1.165, 1.54) is 0 Å². The van der Waals surface area contributed by atoms with Crippen LogP contribution < -0.4 is 4.74 Å². The molecular formula is C12H14BrNO3. The van der Waals surface area contributed by atoms with Gasteiger partial charge in [0.25, 0.3) is 5.91 Å². The molecule has 0 radical (unpaired) electrons. The normalized spacial score (nSPS) is 9.82. The third kappa shape index (κ3) is 3.85. The van der Waals surface area contributed by atoms with Crippen molar-refractivity contribution in [3.05, 3.63) is 28.2 Å². The van der Waals surface area contributed by atoms with Gasteiger partial charge >= 0.3 is 0 Å². The van der Waals surface area contributed by atoms with E-state index in [-0.39, 0.29) is 12.5 Å². The molecule has 1 aromatic rings. The number of ether oxygens (including phenoxy) is 1. The minimum absolute atomic E-state index is 0.0235. The van der Waals surface area contributed by atoms with E-state index in [1.54, 1.807) is 30.1 Å².